The van der Waals surface area contributed by atoms with E-state index < -0.39 is 11.7 Å². The summed E-state index contributed by atoms with van der Waals surface area (Å²) >= 11 is 0. The van der Waals surface area contributed by atoms with Crippen LogP contribution < -0.4 is 5.73 Å². The summed E-state index contributed by atoms with van der Waals surface area (Å²) in [5, 5.41) is 9.16. The third kappa shape index (κ3) is 2.61. The fourth-order valence-electron chi connectivity index (χ4n) is 0.955. The Morgan fingerprint density at radius 3 is 2.40 bits per heavy atom. The Hall–Kier alpha value is -2.21. The second kappa shape index (κ2) is 4.87. The fraction of sp³-hybridized carbons (Fsp3) is 0. The molecule has 1 rings (SSSR count). The molecule has 0 radical (unpaired) electrons. The first-order chi connectivity index (χ1) is 6.56. The molecule has 0 bridgehead atoms. The van der Waals surface area contributed by atoms with Gasteiger partial charge in [-0.15, -0.1) is 0 Å². The minimum absolute atomic E-state index is 0. The molecule has 0 saturated carbocycles. The summed E-state index contributed by atoms with van der Waals surface area (Å²) < 4.78 is 0. The molecule has 0 aliphatic rings. The van der Waals surface area contributed by atoms with E-state index in [0.29, 0.717) is 0 Å². The van der Waals surface area contributed by atoms with Gasteiger partial charge in [-0.3, -0.25) is 14.4 Å². The van der Waals surface area contributed by atoms with Crippen LogP contribution in [0.15, 0.2) is 18.2 Å². The number of phenols is 1. The normalized spacial score (nSPS) is 8.80. The molecule has 0 atom stereocenters. The van der Waals surface area contributed by atoms with E-state index in [1.165, 1.54) is 6.07 Å². The van der Waals surface area contributed by atoms with E-state index in [1.807, 2.05) is 0 Å². The lowest BCUT2D eigenvalue weighted by Gasteiger charge is -2.01. The van der Waals surface area contributed by atoms with Crippen molar-refractivity contribution in [1.82, 2.24) is 0 Å². The van der Waals surface area contributed by atoms with Crippen molar-refractivity contribution < 1.29 is 25.0 Å². The number of ketones is 1. The number of nitrogens with two attached hydrogens (primary N) is 1. The number of hydrogen-bond donors (Lipinski definition) is 2. The van der Waals surface area contributed by atoms with Crippen LogP contribution in [0.1, 0.15) is 20.7 Å². The lowest BCUT2D eigenvalue weighted by atomic mass is 10.1. The average molecular weight is 211 g/mol. The number of aldehydes is 1. The standard InChI is InChI=1S/C9H7NO4.H2O/c10-9(14)6-3-5(8(13)4-11)1-2-7(6)12;/h1-4,12H,(H2,10,14);1H2. The number of rotatable bonds is 3. The molecule has 6 nitrogen and oxygen atoms in total. The maximum Gasteiger partial charge on any atom is 0.252 e. The Morgan fingerprint density at radius 2 is 1.93 bits per heavy atom. The minimum atomic E-state index is -0.858. The Morgan fingerprint density at radius 1 is 1.33 bits per heavy atom. The molecule has 0 heterocycles. The molecule has 0 aliphatic heterocycles. The predicted octanol–water partition coefficient (Wildman–Crippen LogP) is -0.952. The van der Waals surface area contributed by atoms with Crippen molar-refractivity contribution in [3.63, 3.8) is 0 Å². The summed E-state index contributed by atoms with van der Waals surface area (Å²) in [4.78, 5) is 31.8. The summed E-state index contributed by atoms with van der Waals surface area (Å²) in [6, 6.07) is 3.45. The van der Waals surface area contributed by atoms with Gasteiger partial charge in [-0.1, -0.05) is 0 Å². The second-order valence-electron chi connectivity index (χ2n) is 2.58. The van der Waals surface area contributed by atoms with Crippen molar-refractivity contribution in [2.75, 3.05) is 0 Å². The number of aromatic hydroxyl groups is 1. The van der Waals surface area contributed by atoms with Gasteiger partial charge in [0.05, 0.1) is 5.56 Å². The van der Waals surface area contributed by atoms with Gasteiger partial charge < -0.3 is 16.3 Å². The molecule has 0 fully saturated rings. The summed E-state index contributed by atoms with van der Waals surface area (Å²) in [6.07, 6.45) is 0.122. The molecular formula is C9H9NO5. The van der Waals surface area contributed by atoms with Crippen molar-refractivity contribution in [3.05, 3.63) is 29.3 Å². The zero-order valence-electron chi connectivity index (χ0n) is 7.56. The molecule has 0 aromatic heterocycles. The molecule has 5 N–H and O–H groups in total. The van der Waals surface area contributed by atoms with Crippen LogP contribution in [0.3, 0.4) is 0 Å². The van der Waals surface area contributed by atoms with Gasteiger partial charge in [0, 0.05) is 5.56 Å². The van der Waals surface area contributed by atoms with Gasteiger partial charge in [0.2, 0.25) is 5.78 Å². The van der Waals surface area contributed by atoms with Gasteiger partial charge in [-0.25, -0.2) is 0 Å². The smallest absolute Gasteiger partial charge is 0.252 e. The number of hydrogen-bond acceptors (Lipinski definition) is 4. The molecule has 0 spiro atoms. The molecule has 0 saturated heterocycles. The summed E-state index contributed by atoms with van der Waals surface area (Å²) in [5.74, 6) is -1.95. The number of Topliss-reactive ketones (excluding diaryl/α,β-unsaturated/α-hetero) is 1. The van der Waals surface area contributed by atoms with Crippen LogP contribution in [0, 0.1) is 0 Å². The highest BCUT2D eigenvalue weighted by molar-refractivity contribution is 6.33. The number of carbonyl (C=O) groups is 3. The van der Waals surface area contributed by atoms with Gasteiger partial charge >= 0.3 is 0 Å². The Balaban J connectivity index is 0.00000196. The molecule has 6 heteroatoms. The van der Waals surface area contributed by atoms with Crippen molar-refractivity contribution >= 4 is 18.0 Å². The lowest BCUT2D eigenvalue weighted by Crippen LogP contribution is -2.12. The summed E-state index contributed by atoms with van der Waals surface area (Å²) in [7, 11) is 0. The van der Waals surface area contributed by atoms with Crippen LogP contribution in [-0.4, -0.2) is 28.6 Å². The first-order valence-electron chi connectivity index (χ1n) is 3.68. The number of benzene rings is 1. The van der Waals surface area contributed by atoms with E-state index in [-0.39, 0.29) is 28.6 Å². The maximum atomic E-state index is 10.9. The number of primary amides is 1. The van der Waals surface area contributed by atoms with Crippen molar-refractivity contribution in [2.45, 2.75) is 0 Å². The van der Waals surface area contributed by atoms with Gasteiger partial charge in [0.25, 0.3) is 5.91 Å². The van der Waals surface area contributed by atoms with Crippen LogP contribution in [0.2, 0.25) is 0 Å². The Kier molecular flexibility index (Phi) is 4.15. The van der Waals surface area contributed by atoms with Crippen LogP contribution in [-0.2, 0) is 4.79 Å². The van der Waals surface area contributed by atoms with Gasteiger partial charge in [0.15, 0.2) is 6.29 Å². The molecule has 1 aromatic rings. The van der Waals surface area contributed by atoms with E-state index >= 15 is 0 Å². The van der Waals surface area contributed by atoms with Crippen LogP contribution in [0.25, 0.3) is 0 Å². The third-order valence-corrected chi connectivity index (χ3v) is 1.65. The minimum Gasteiger partial charge on any atom is -0.507 e. The SMILES string of the molecule is NC(=O)c1cc(C(=O)C=O)ccc1O.O. The van der Waals surface area contributed by atoms with Crippen LogP contribution in [0.4, 0.5) is 0 Å². The average Bonchev–Trinajstić information content (AvgIpc) is 2.17. The topological polar surface area (TPSA) is 129 Å². The van der Waals surface area contributed by atoms with Gasteiger partial charge in [-0.05, 0) is 18.2 Å². The molecule has 0 unspecified atom stereocenters. The molecule has 15 heavy (non-hydrogen) atoms. The van der Waals surface area contributed by atoms with Gasteiger partial charge in [-0.2, -0.15) is 0 Å². The molecular weight excluding hydrogens is 202 g/mol. The molecule has 1 aromatic carbocycles. The third-order valence-electron chi connectivity index (χ3n) is 1.65. The van der Waals surface area contributed by atoms with Crippen molar-refractivity contribution in [2.24, 2.45) is 5.73 Å². The fourth-order valence-corrected chi connectivity index (χ4v) is 0.955. The zero-order chi connectivity index (χ0) is 10.7. The van der Waals surface area contributed by atoms with E-state index in [1.54, 1.807) is 0 Å². The predicted molar refractivity (Wildman–Crippen MR) is 50.6 cm³/mol. The summed E-state index contributed by atoms with van der Waals surface area (Å²) in [6.45, 7) is 0. The number of carbonyl (C=O) groups excluding carboxylic acids is 3. The molecule has 80 valence electrons. The first-order valence-corrected chi connectivity index (χ1v) is 3.68. The first kappa shape index (κ1) is 12.8. The molecule has 1 amide bonds. The van der Waals surface area contributed by atoms with E-state index in [4.69, 9.17) is 10.8 Å². The van der Waals surface area contributed by atoms with Crippen molar-refractivity contribution in [1.29, 1.82) is 0 Å². The van der Waals surface area contributed by atoms with E-state index in [0.717, 1.165) is 12.1 Å². The monoisotopic (exact) mass is 211 g/mol. The highest BCUT2D eigenvalue weighted by Gasteiger charge is 2.11. The van der Waals surface area contributed by atoms with Crippen LogP contribution >= 0.6 is 0 Å². The highest BCUT2D eigenvalue weighted by atomic mass is 16.3. The lowest BCUT2D eigenvalue weighted by molar-refractivity contribution is -0.104. The van der Waals surface area contributed by atoms with E-state index in [9.17, 15) is 14.4 Å². The maximum absolute atomic E-state index is 10.9. The largest absolute Gasteiger partial charge is 0.507 e. The Labute approximate surface area is 84.6 Å². The van der Waals surface area contributed by atoms with Gasteiger partial charge in [0.1, 0.15) is 5.75 Å². The second-order valence-corrected chi connectivity index (χ2v) is 2.58. The summed E-state index contributed by atoms with van der Waals surface area (Å²) in [5.41, 5.74) is 4.76. The number of amides is 1. The molecule has 0 aliphatic carbocycles. The van der Waals surface area contributed by atoms with E-state index in [2.05, 4.69) is 0 Å². The Bertz CT molecular complexity index is 413. The zero-order valence-corrected chi connectivity index (χ0v) is 7.56. The quantitative estimate of drug-likeness (QED) is 0.379. The van der Waals surface area contributed by atoms with Crippen LogP contribution in [0.5, 0.6) is 5.75 Å². The van der Waals surface area contributed by atoms with Crippen molar-refractivity contribution in [3.8, 4) is 5.75 Å². The highest BCUT2D eigenvalue weighted by Crippen LogP contribution is 2.17.